The Bertz CT molecular complexity index is 981. The highest BCUT2D eigenvalue weighted by Gasteiger charge is 2.15. The van der Waals surface area contributed by atoms with Crippen LogP contribution in [0.3, 0.4) is 0 Å². The fourth-order valence-corrected chi connectivity index (χ4v) is 2.98. The summed E-state index contributed by atoms with van der Waals surface area (Å²) in [5.41, 5.74) is 3.25. The molecule has 3 rings (SSSR count). The lowest BCUT2D eigenvalue weighted by atomic mass is 10.0. The molecule has 0 unspecified atom stereocenters. The van der Waals surface area contributed by atoms with Crippen molar-refractivity contribution in [2.75, 3.05) is 13.2 Å². The lowest BCUT2D eigenvalue weighted by molar-refractivity contribution is 0.0699. The average Bonchev–Trinajstić information content (AvgIpc) is 2.66. The van der Waals surface area contributed by atoms with Crippen molar-refractivity contribution in [2.24, 2.45) is 0 Å². The molecule has 0 fully saturated rings. The van der Waals surface area contributed by atoms with Crippen LogP contribution in [0, 0.1) is 6.92 Å². The van der Waals surface area contributed by atoms with E-state index in [1.54, 1.807) is 12.1 Å². The first-order valence-corrected chi connectivity index (χ1v) is 9.08. The molecule has 0 amide bonds. The van der Waals surface area contributed by atoms with E-state index in [4.69, 9.17) is 14.5 Å². The number of aromatic carboxylic acids is 1. The third-order valence-corrected chi connectivity index (χ3v) is 4.27. The molecule has 1 heterocycles. The van der Waals surface area contributed by atoms with Crippen LogP contribution in [0.25, 0.3) is 22.2 Å². The molecule has 0 aliphatic rings. The van der Waals surface area contributed by atoms with Crippen LogP contribution < -0.4 is 9.47 Å². The van der Waals surface area contributed by atoms with E-state index in [1.807, 2.05) is 51.1 Å². The standard InChI is InChI=1S/C22H23NO4/c1-4-11-27-19-10-9-15(12-20(19)26-5-2)18-13-17(22(24)25)16-8-6-7-14(3)21(16)23-18/h6-10,12-13H,4-5,11H2,1-3H3,(H,24,25). The second kappa shape index (κ2) is 8.08. The Hall–Kier alpha value is -3.08. The molecule has 5 nitrogen and oxygen atoms in total. The minimum Gasteiger partial charge on any atom is -0.490 e. The van der Waals surface area contributed by atoms with Crippen LogP contribution in [0.4, 0.5) is 0 Å². The Morgan fingerprint density at radius 3 is 2.59 bits per heavy atom. The van der Waals surface area contributed by atoms with Gasteiger partial charge in [-0.25, -0.2) is 9.78 Å². The molecular formula is C22H23NO4. The highest BCUT2D eigenvalue weighted by molar-refractivity contribution is 6.04. The van der Waals surface area contributed by atoms with Crippen LogP contribution in [0.2, 0.25) is 0 Å². The van der Waals surface area contributed by atoms with Crippen LogP contribution in [-0.4, -0.2) is 29.3 Å². The van der Waals surface area contributed by atoms with E-state index in [9.17, 15) is 9.90 Å². The molecule has 0 bridgehead atoms. The summed E-state index contributed by atoms with van der Waals surface area (Å²) < 4.78 is 11.5. The largest absolute Gasteiger partial charge is 0.490 e. The summed E-state index contributed by atoms with van der Waals surface area (Å²) in [5, 5.41) is 10.3. The number of nitrogens with zero attached hydrogens (tertiary/aromatic N) is 1. The van der Waals surface area contributed by atoms with Crippen molar-refractivity contribution >= 4 is 16.9 Å². The molecule has 140 valence electrons. The van der Waals surface area contributed by atoms with Crippen molar-refractivity contribution in [3.63, 3.8) is 0 Å². The number of benzene rings is 2. The second-order valence-electron chi connectivity index (χ2n) is 6.27. The lowest BCUT2D eigenvalue weighted by Gasteiger charge is -2.14. The summed E-state index contributed by atoms with van der Waals surface area (Å²) in [7, 11) is 0. The van der Waals surface area contributed by atoms with Gasteiger partial charge in [-0.2, -0.15) is 0 Å². The molecule has 0 spiro atoms. The third kappa shape index (κ3) is 3.87. The van der Waals surface area contributed by atoms with Crippen molar-refractivity contribution in [3.8, 4) is 22.8 Å². The van der Waals surface area contributed by atoms with Gasteiger partial charge in [-0.1, -0.05) is 25.1 Å². The SMILES string of the molecule is CCCOc1ccc(-c2cc(C(=O)O)c3cccc(C)c3n2)cc1OCC. The number of aromatic nitrogens is 1. The molecule has 0 saturated heterocycles. The maximum atomic E-state index is 11.8. The summed E-state index contributed by atoms with van der Waals surface area (Å²) in [6.45, 7) is 7.00. The number of fused-ring (bicyclic) bond motifs is 1. The number of rotatable bonds is 7. The van der Waals surface area contributed by atoms with Crippen LogP contribution in [0.5, 0.6) is 11.5 Å². The number of ether oxygens (including phenoxy) is 2. The van der Waals surface area contributed by atoms with E-state index in [2.05, 4.69) is 0 Å². The van der Waals surface area contributed by atoms with Crippen molar-refractivity contribution < 1.29 is 19.4 Å². The molecule has 0 aliphatic heterocycles. The minimum atomic E-state index is -0.970. The smallest absolute Gasteiger partial charge is 0.336 e. The molecule has 0 atom stereocenters. The third-order valence-electron chi connectivity index (χ3n) is 4.27. The zero-order valence-electron chi connectivity index (χ0n) is 15.8. The zero-order valence-corrected chi connectivity index (χ0v) is 15.8. The highest BCUT2D eigenvalue weighted by atomic mass is 16.5. The summed E-state index contributed by atoms with van der Waals surface area (Å²) in [4.78, 5) is 16.5. The fraction of sp³-hybridized carbons (Fsp3) is 0.273. The first-order chi connectivity index (χ1) is 13.0. The number of para-hydroxylation sites is 1. The van der Waals surface area contributed by atoms with Crippen LogP contribution in [0.1, 0.15) is 36.2 Å². The second-order valence-corrected chi connectivity index (χ2v) is 6.27. The van der Waals surface area contributed by atoms with Crippen molar-refractivity contribution in [1.29, 1.82) is 0 Å². The van der Waals surface area contributed by atoms with Gasteiger partial charge in [0.05, 0.1) is 30.0 Å². The maximum absolute atomic E-state index is 11.8. The van der Waals surface area contributed by atoms with Gasteiger partial charge in [0, 0.05) is 10.9 Å². The average molecular weight is 365 g/mol. The summed E-state index contributed by atoms with van der Waals surface area (Å²) in [6.07, 6.45) is 0.904. The summed E-state index contributed by atoms with van der Waals surface area (Å²) in [6, 6.07) is 12.8. The molecule has 3 aromatic rings. The number of carboxylic acid groups (broad SMARTS) is 1. The van der Waals surface area contributed by atoms with Gasteiger partial charge >= 0.3 is 5.97 Å². The van der Waals surface area contributed by atoms with Gasteiger partial charge < -0.3 is 14.6 Å². The molecule has 5 heteroatoms. The zero-order chi connectivity index (χ0) is 19.4. The van der Waals surface area contributed by atoms with Gasteiger partial charge in [-0.05, 0) is 50.1 Å². The van der Waals surface area contributed by atoms with E-state index < -0.39 is 5.97 Å². The molecule has 1 aromatic heterocycles. The Morgan fingerprint density at radius 1 is 1.07 bits per heavy atom. The molecule has 0 radical (unpaired) electrons. The van der Waals surface area contributed by atoms with Gasteiger partial charge in [0.2, 0.25) is 0 Å². The van der Waals surface area contributed by atoms with Crippen LogP contribution in [0.15, 0.2) is 42.5 Å². The first-order valence-electron chi connectivity index (χ1n) is 9.08. The van der Waals surface area contributed by atoms with Gasteiger partial charge in [-0.3, -0.25) is 0 Å². The molecule has 1 N–H and O–H groups in total. The normalized spacial score (nSPS) is 10.8. The number of carboxylic acids is 1. The Morgan fingerprint density at radius 2 is 1.89 bits per heavy atom. The number of pyridine rings is 1. The van der Waals surface area contributed by atoms with E-state index in [-0.39, 0.29) is 5.56 Å². The van der Waals surface area contributed by atoms with Crippen molar-refractivity contribution in [2.45, 2.75) is 27.2 Å². The van der Waals surface area contributed by atoms with Crippen molar-refractivity contribution in [3.05, 3.63) is 53.6 Å². The van der Waals surface area contributed by atoms with Crippen molar-refractivity contribution in [1.82, 2.24) is 4.98 Å². The van der Waals surface area contributed by atoms with E-state index in [0.29, 0.717) is 41.3 Å². The topological polar surface area (TPSA) is 68.7 Å². The summed E-state index contributed by atoms with van der Waals surface area (Å²) in [5.74, 6) is 0.340. The monoisotopic (exact) mass is 365 g/mol. The molecule has 27 heavy (non-hydrogen) atoms. The highest BCUT2D eigenvalue weighted by Crippen LogP contribution is 2.34. The van der Waals surface area contributed by atoms with Gasteiger partial charge in [0.25, 0.3) is 0 Å². The number of carbonyl (C=O) groups is 1. The maximum Gasteiger partial charge on any atom is 0.336 e. The number of hydrogen-bond acceptors (Lipinski definition) is 4. The molecule has 0 saturated carbocycles. The molecule has 2 aromatic carbocycles. The van der Waals surface area contributed by atoms with Gasteiger partial charge in [0.1, 0.15) is 0 Å². The van der Waals surface area contributed by atoms with E-state index in [0.717, 1.165) is 17.5 Å². The summed E-state index contributed by atoms with van der Waals surface area (Å²) >= 11 is 0. The van der Waals surface area contributed by atoms with Crippen LogP contribution in [-0.2, 0) is 0 Å². The van der Waals surface area contributed by atoms with E-state index >= 15 is 0 Å². The Balaban J connectivity index is 2.15. The molecular weight excluding hydrogens is 342 g/mol. The quantitative estimate of drug-likeness (QED) is 0.631. The predicted octanol–water partition coefficient (Wildman–Crippen LogP) is 5.10. The number of hydrogen-bond donors (Lipinski definition) is 1. The van der Waals surface area contributed by atoms with Gasteiger partial charge in [0.15, 0.2) is 11.5 Å². The van der Waals surface area contributed by atoms with Gasteiger partial charge in [-0.15, -0.1) is 0 Å². The lowest BCUT2D eigenvalue weighted by Crippen LogP contribution is -2.02. The Kier molecular flexibility index (Phi) is 5.60. The molecule has 0 aliphatic carbocycles. The number of aryl methyl sites for hydroxylation is 1. The van der Waals surface area contributed by atoms with E-state index in [1.165, 1.54) is 0 Å². The van der Waals surface area contributed by atoms with Crippen LogP contribution >= 0.6 is 0 Å². The first kappa shape index (κ1) is 18.7. The Labute approximate surface area is 158 Å². The fourth-order valence-electron chi connectivity index (χ4n) is 2.98. The minimum absolute atomic E-state index is 0.239. The predicted molar refractivity (Wildman–Crippen MR) is 106 cm³/mol.